The summed E-state index contributed by atoms with van der Waals surface area (Å²) in [6.07, 6.45) is 3.77. The smallest absolute Gasteiger partial charge is 0.269 e. The highest BCUT2D eigenvalue weighted by Crippen LogP contribution is 2.36. The summed E-state index contributed by atoms with van der Waals surface area (Å²) >= 11 is 0. The van der Waals surface area contributed by atoms with Gasteiger partial charge in [0.05, 0.1) is 4.92 Å². The summed E-state index contributed by atoms with van der Waals surface area (Å²) in [4.78, 5) is 12.6. The van der Waals surface area contributed by atoms with E-state index in [1.165, 1.54) is 19.3 Å². The lowest BCUT2D eigenvalue weighted by Gasteiger charge is -2.48. The van der Waals surface area contributed by atoms with E-state index in [1.54, 1.807) is 12.1 Å². The number of likely N-dealkylation sites (N-methyl/N-ethyl adjacent to an activating group) is 1. The quantitative estimate of drug-likeness (QED) is 0.641. The Morgan fingerprint density at radius 2 is 1.95 bits per heavy atom. The Morgan fingerprint density at radius 1 is 1.35 bits per heavy atom. The summed E-state index contributed by atoms with van der Waals surface area (Å²) in [6, 6.07) is 7.00. The fourth-order valence-corrected chi connectivity index (χ4v) is 2.71. The number of nitrogens with one attached hydrogen (secondary N) is 1. The molecule has 0 saturated heterocycles. The second-order valence-electron chi connectivity index (χ2n) is 5.92. The standard InChI is InChI=1S/C15H23N3O2/c1-12(13-5-7-14(8-6-13)18(19)20)16-11-15(17(2)3)9-4-10-15/h5-8,12,16H,4,9-11H2,1-3H3. The van der Waals surface area contributed by atoms with Crippen LogP contribution in [0.15, 0.2) is 24.3 Å². The topological polar surface area (TPSA) is 58.4 Å². The van der Waals surface area contributed by atoms with Crippen LogP contribution >= 0.6 is 0 Å². The van der Waals surface area contributed by atoms with Crippen LogP contribution in [0, 0.1) is 10.1 Å². The summed E-state index contributed by atoms with van der Waals surface area (Å²) in [5, 5.41) is 14.2. The minimum absolute atomic E-state index is 0.143. The van der Waals surface area contributed by atoms with Gasteiger partial charge in [-0.25, -0.2) is 0 Å². The van der Waals surface area contributed by atoms with Crippen molar-refractivity contribution in [2.75, 3.05) is 20.6 Å². The van der Waals surface area contributed by atoms with Crippen molar-refractivity contribution in [3.05, 3.63) is 39.9 Å². The molecule has 0 aliphatic heterocycles. The fraction of sp³-hybridized carbons (Fsp3) is 0.600. The molecule has 20 heavy (non-hydrogen) atoms. The summed E-state index contributed by atoms with van der Waals surface area (Å²) in [5.74, 6) is 0. The van der Waals surface area contributed by atoms with E-state index in [1.807, 2.05) is 12.1 Å². The summed E-state index contributed by atoms with van der Waals surface area (Å²) < 4.78 is 0. The molecule has 0 radical (unpaired) electrons. The molecule has 1 fully saturated rings. The molecule has 5 heteroatoms. The van der Waals surface area contributed by atoms with E-state index in [-0.39, 0.29) is 22.2 Å². The summed E-state index contributed by atoms with van der Waals surface area (Å²) in [7, 11) is 4.27. The van der Waals surface area contributed by atoms with Crippen molar-refractivity contribution < 1.29 is 4.92 Å². The molecule has 0 aromatic heterocycles. The van der Waals surface area contributed by atoms with Crippen LogP contribution in [0.2, 0.25) is 0 Å². The molecular formula is C15H23N3O2. The highest BCUT2D eigenvalue weighted by molar-refractivity contribution is 5.34. The molecule has 2 rings (SSSR count). The van der Waals surface area contributed by atoms with Crippen molar-refractivity contribution >= 4 is 5.69 Å². The average molecular weight is 277 g/mol. The van der Waals surface area contributed by atoms with Crippen LogP contribution in [0.1, 0.15) is 37.8 Å². The van der Waals surface area contributed by atoms with E-state index < -0.39 is 0 Å². The molecule has 1 unspecified atom stereocenters. The minimum atomic E-state index is -0.364. The Hall–Kier alpha value is -1.46. The molecule has 1 aliphatic rings. The second kappa shape index (κ2) is 5.89. The minimum Gasteiger partial charge on any atom is -0.308 e. The van der Waals surface area contributed by atoms with Gasteiger partial charge in [0.15, 0.2) is 0 Å². The van der Waals surface area contributed by atoms with Gasteiger partial charge in [-0.2, -0.15) is 0 Å². The van der Waals surface area contributed by atoms with Crippen molar-refractivity contribution in [2.45, 2.75) is 37.8 Å². The van der Waals surface area contributed by atoms with Crippen LogP contribution in [-0.2, 0) is 0 Å². The number of rotatable bonds is 6. The van der Waals surface area contributed by atoms with Crippen molar-refractivity contribution in [1.29, 1.82) is 0 Å². The lowest BCUT2D eigenvalue weighted by Crippen LogP contribution is -2.56. The zero-order chi connectivity index (χ0) is 14.8. The van der Waals surface area contributed by atoms with Gasteiger partial charge >= 0.3 is 0 Å². The molecule has 0 bridgehead atoms. The molecule has 1 aliphatic carbocycles. The molecule has 1 aromatic rings. The van der Waals surface area contributed by atoms with E-state index in [0.717, 1.165) is 12.1 Å². The maximum atomic E-state index is 10.6. The zero-order valence-electron chi connectivity index (χ0n) is 12.4. The van der Waals surface area contributed by atoms with Crippen molar-refractivity contribution in [2.24, 2.45) is 0 Å². The number of nitro groups is 1. The molecule has 110 valence electrons. The number of nitrogens with zero attached hydrogens (tertiary/aromatic N) is 2. The van der Waals surface area contributed by atoms with Gasteiger partial charge in [-0.1, -0.05) is 12.1 Å². The predicted molar refractivity (Wildman–Crippen MR) is 79.8 cm³/mol. The van der Waals surface area contributed by atoms with Crippen LogP contribution in [-0.4, -0.2) is 36.0 Å². The van der Waals surface area contributed by atoms with Gasteiger partial charge in [-0.05, 0) is 45.8 Å². The number of benzene rings is 1. The van der Waals surface area contributed by atoms with Gasteiger partial charge in [0.2, 0.25) is 0 Å². The van der Waals surface area contributed by atoms with E-state index >= 15 is 0 Å². The van der Waals surface area contributed by atoms with Crippen molar-refractivity contribution in [3.8, 4) is 0 Å². The highest BCUT2D eigenvalue weighted by atomic mass is 16.6. The monoisotopic (exact) mass is 277 g/mol. The Morgan fingerprint density at radius 3 is 2.35 bits per heavy atom. The number of hydrogen-bond donors (Lipinski definition) is 1. The number of non-ortho nitro benzene ring substituents is 1. The molecule has 5 nitrogen and oxygen atoms in total. The summed E-state index contributed by atoms with van der Waals surface area (Å²) in [5.41, 5.74) is 1.52. The highest BCUT2D eigenvalue weighted by Gasteiger charge is 2.38. The van der Waals surface area contributed by atoms with Gasteiger partial charge in [-0.15, -0.1) is 0 Å². The molecule has 1 atom stereocenters. The molecule has 0 spiro atoms. The summed E-state index contributed by atoms with van der Waals surface area (Å²) in [6.45, 7) is 3.06. The Bertz CT molecular complexity index is 467. The SMILES string of the molecule is CC(NCC1(N(C)C)CCC1)c1ccc([N+](=O)[O-])cc1. The number of nitro benzene ring substituents is 1. The van der Waals surface area contributed by atoms with Crippen LogP contribution < -0.4 is 5.32 Å². The third kappa shape index (κ3) is 2.99. The van der Waals surface area contributed by atoms with Gasteiger partial charge in [0, 0.05) is 30.3 Å². The van der Waals surface area contributed by atoms with Crippen molar-refractivity contribution in [3.63, 3.8) is 0 Å². The van der Waals surface area contributed by atoms with Gasteiger partial charge in [0.25, 0.3) is 5.69 Å². The van der Waals surface area contributed by atoms with Gasteiger partial charge < -0.3 is 10.2 Å². The molecule has 1 N–H and O–H groups in total. The van der Waals surface area contributed by atoms with E-state index in [0.29, 0.717) is 0 Å². The molecule has 0 amide bonds. The van der Waals surface area contributed by atoms with Gasteiger partial charge in [-0.3, -0.25) is 10.1 Å². The fourth-order valence-electron chi connectivity index (χ4n) is 2.71. The normalized spacial score (nSPS) is 18.6. The molecular weight excluding hydrogens is 254 g/mol. The first-order chi connectivity index (χ1) is 9.44. The first-order valence-electron chi connectivity index (χ1n) is 7.10. The number of hydrogen-bond acceptors (Lipinski definition) is 4. The third-order valence-corrected chi connectivity index (χ3v) is 4.57. The Labute approximate surface area is 120 Å². The van der Waals surface area contributed by atoms with Gasteiger partial charge in [0.1, 0.15) is 0 Å². The Balaban J connectivity index is 1.94. The second-order valence-corrected chi connectivity index (χ2v) is 5.92. The molecule has 0 heterocycles. The lowest BCUT2D eigenvalue weighted by molar-refractivity contribution is -0.384. The lowest BCUT2D eigenvalue weighted by atomic mass is 9.75. The Kier molecular flexibility index (Phi) is 4.40. The largest absolute Gasteiger partial charge is 0.308 e. The maximum absolute atomic E-state index is 10.6. The predicted octanol–water partition coefficient (Wildman–Crippen LogP) is 2.73. The third-order valence-electron chi connectivity index (χ3n) is 4.57. The van der Waals surface area contributed by atoms with Crippen LogP contribution in [0.5, 0.6) is 0 Å². The first-order valence-corrected chi connectivity index (χ1v) is 7.10. The van der Waals surface area contributed by atoms with Crippen LogP contribution in [0.25, 0.3) is 0 Å². The van der Waals surface area contributed by atoms with E-state index in [9.17, 15) is 10.1 Å². The van der Waals surface area contributed by atoms with E-state index in [2.05, 4.69) is 31.2 Å². The van der Waals surface area contributed by atoms with E-state index in [4.69, 9.17) is 0 Å². The van der Waals surface area contributed by atoms with Crippen LogP contribution in [0.4, 0.5) is 5.69 Å². The average Bonchev–Trinajstić information content (AvgIpc) is 2.36. The maximum Gasteiger partial charge on any atom is 0.269 e. The first kappa shape index (κ1) is 14.9. The van der Waals surface area contributed by atoms with Crippen LogP contribution in [0.3, 0.4) is 0 Å². The molecule has 1 aromatic carbocycles. The zero-order valence-corrected chi connectivity index (χ0v) is 12.4. The van der Waals surface area contributed by atoms with Crippen molar-refractivity contribution in [1.82, 2.24) is 10.2 Å². The molecule has 1 saturated carbocycles.